The first-order valence-electron chi connectivity index (χ1n) is 10.1. The second-order valence-corrected chi connectivity index (χ2v) is 8.15. The summed E-state index contributed by atoms with van der Waals surface area (Å²) in [4.78, 5) is 13.7. The molecule has 5 rings (SSSR count). The lowest BCUT2D eigenvalue weighted by Crippen LogP contribution is -2.41. The van der Waals surface area contributed by atoms with Crippen molar-refractivity contribution in [1.82, 2.24) is 14.9 Å². The van der Waals surface area contributed by atoms with Crippen molar-refractivity contribution < 1.29 is 13.9 Å². The summed E-state index contributed by atoms with van der Waals surface area (Å²) in [5.41, 5.74) is 2.57. The van der Waals surface area contributed by atoms with Crippen LogP contribution in [-0.4, -0.2) is 45.2 Å². The zero-order valence-electron chi connectivity index (χ0n) is 15.7. The molecule has 0 unspecified atom stereocenters. The SMILES string of the molecule is O[C@H]1CCCN(c2ncc3c(n2)C[C@H]2CC[C@H]3N2Cc2cccc(F)c2F)C1. The predicted octanol–water partition coefficient (Wildman–Crippen LogP) is 2.98. The summed E-state index contributed by atoms with van der Waals surface area (Å²) in [6.45, 7) is 1.85. The summed E-state index contributed by atoms with van der Waals surface area (Å²) in [5.74, 6) is -0.844. The number of nitrogens with zero attached hydrogens (tertiary/aromatic N) is 4. The van der Waals surface area contributed by atoms with Crippen molar-refractivity contribution in [3.05, 3.63) is 52.9 Å². The molecule has 1 aromatic heterocycles. The number of aromatic nitrogens is 2. The second-order valence-electron chi connectivity index (χ2n) is 8.15. The number of aliphatic hydroxyl groups is 1. The maximum absolute atomic E-state index is 14.2. The maximum atomic E-state index is 14.2. The molecule has 0 amide bonds. The van der Waals surface area contributed by atoms with E-state index in [0.29, 0.717) is 24.6 Å². The third-order valence-electron chi connectivity index (χ3n) is 6.38. The quantitative estimate of drug-likeness (QED) is 0.879. The molecule has 2 saturated heterocycles. The normalized spacial score (nSPS) is 27.1. The predicted molar refractivity (Wildman–Crippen MR) is 101 cm³/mol. The number of hydrogen-bond acceptors (Lipinski definition) is 5. The monoisotopic (exact) mass is 386 g/mol. The van der Waals surface area contributed by atoms with Gasteiger partial charge in [0, 0.05) is 55.5 Å². The maximum Gasteiger partial charge on any atom is 0.225 e. The minimum Gasteiger partial charge on any atom is -0.391 e. The number of β-amino-alcohol motifs (C(OH)–C–C–N with tert-alkyl or cyclic N) is 1. The van der Waals surface area contributed by atoms with Gasteiger partial charge in [-0.2, -0.15) is 0 Å². The number of hydrogen-bond donors (Lipinski definition) is 1. The number of fused-ring (bicyclic) bond motifs is 4. The molecule has 2 bridgehead atoms. The van der Waals surface area contributed by atoms with Crippen LogP contribution in [0.25, 0.3) is 0 Å². The zero-order chi connectivity index (χ0) is 19.3. The summed E-state index contributed by atoms with van der Waals surface area (Å²) in [6.07, 6.45) is 6.17. The smallest absolute Gasteiger partial charge is 0.225 e. The number of rotatable bonds is 3. The standard InChI is InChI=1S/C21H24F2N4O/c22-17-5-1-3-13(20(17)23)11-27-14-6-7-19(27)16-10-24-21(25-18(16)9-14)26-8-2-4-15(28)12-26/h1,3,5,10,14-15,19,28H,2,4,6-9,11-12H2/t14-,15+,19-/m1/s1. The molecule has 1 aromatic carbocycles. The van der Waals surface area contributed by atoms with Gasteiger partial charge in [-0.25, -0.2) is 18.7 Å². The summed E-state index contributed by atoms with van der Waals surface area (Å²) < 4.78 is 27.8. The Hall–Kier alpha value is -2.12. The van der Waals surface area contributed by atoms with E-state index in [1.165, 1.54) is 0 Å². The van der Waals surface area contributed by atoms with Crippen molar-refractivity contribution in [2.45, 2.75) is 56.8 Å². The molecule has 0 aliphatic carbocycles. The minimum absolute atomic E-state index is 0.150. The molecule has 3 atom stereocenters. The summed E-state index contributed by atoms with van der Waals surface area (Å²) in [7, 11) is 0. The lowest BCUT2D eigenvalue weighted by Gasteiger charge is -2.36. The van der Waals surface area contributed by atoms with E-state index in [1.807, 2.05) is 6.20 Å². The largest absolute Gasteiger partial charge is 0.391 e. The minimum atomic E-state index is -0.793. The van der Waals surface area contributed by atoms with Gasteiger partial charge in [0.25, 0.3) is 0 Å². The van der Waals surface area contributed by atoms with Gasteiger partial charge in [0.15, 0.2) is 11.6 Å². The Morgan fingerprint density at radius 2 is 2.07 bits per heavy atom. The molecule has 148 valence electrons. The molecular weight excluding hydrogens is 362 g/mol. The van der Waals surface area contributed by atoms with Gasteiger partial charge in [-0.05, 0) is 31.7 Å². The van der Waals surface area contributed by atoms with E-state index in [4.69, 9.17) is 4.98 Å². The number of aliphatic hydroxyl groups excluding tert-OH is 1. The van der Waals surface area contributed by atoms with E-state index in [0.717, 1.165) is 56.0 Å². The van der Waals surface area contributed by atoms with Crippen molar-refractivity contribution in [3.8, 4) is 0 Å². The first-order chi connectivity index (χ1) is 13.6. The lowest BCUT2D eigenvalue weighted by atomic mass is 9.98. The highest BCUT2D eigenvalue weighted by atomic mass is 19.2. The Balaban J connectivity index is 1.40. The Morgan fingerprint density at radius 3 is 2.93 bits per heavy atom. The van der Waals surface area contributed by atoms with Crippen molar-refractivity contribution in [1.29, 1.82) is 0 Å². The van der Waals surface area contributed by atoms with E-state index in [1.54, 1.807) is 12.1 Å². The van der Waals surface area contributed by atoms with Gasteiger partial charge < -0.3 is 10.0 Å². The Labute approximate surface area is 163 Å². The summed E-state index contributed by atoms with van der Waals surface area (Å²) in [6, 6.07) is 4.82. The van der Waals surface area contributed by atoms with Gasteiger partial charge in [0.1, 0.15) is 0 Å². The average molecular weight is 386 g/mol. The van der Waals surface area contributed by atoms with Crippen molar-refractivity contribution in [2.24, 2.45) is 0 Å². The first-order valence-corrected chi connectivity index (χ1v) is 10.1. The zero-order valence-corrected chi connectivity index (χ0v) is 15.7. The Kier molecular flexibility index (Phi) is 4.51. The fourth-order valence-electron chi connectivity index (χ4n) is 4.97. The number of halogens is 2. The van der Waals surface area contributed by atoms with Crippen LogP contribution in [0.5, 0.6) is 0 Å². The fourth-order valence-corrected chi connectivity index (χ4v) is 4.97. The first kappa shape index (κ1) is 17.9. The molecule has 2 aromatic rings. The Bertz CT molecular complexity index is 893. The van der Waals surface area contributed by atoms with Crippen LogP contribution in [-0.2, 0) is 13.0 Å². The number of piperidine rings is 1. The van der Waals surface area contributed by atoms with Crippen LogP contribution in [0.4, 0.5) is 14.7 Å². The van der Waals surface area contributed by atoms with Crippen LogP contribution < -0.4 is 4.90 Å². The molecule has 7 heteroatoms. The highest BCUT2D eigenvalue weighted by Crippen LogP contribution is 2.44. The number of benzene rings is 1. The van der Waals surface area contributed by atoms with Crippen LogP contribution in [0.3, 0.4) is 0 Å². The lowest BCUT2D eigenvalue weighted by molar-refractivity contribution is 0.153. The number of anilines is 1. The molecule has 4 heterocycles. The molecule has 2 fully saturated rings. The Morgan fingerprint density at radius 1 is 1.18 bits per heavy atom. The molecule has 0 spiro atoms. The van der Waals surface area contributed by atoms with Crippen LogP contribution in [0.1, 0.15) is 48.5 Å². The van der Waals surface area contributed by atoms with Gasteiger partial charge in [-0.1, -0.05) is 12.1 Å². The summed E-state index contributed by atoms with van der Waals surface area (Å²) >= 11 is 0. The summed E-state index contributed by atoms with van der Waals surface area (Å²) in [5, 5.41) is 9.93. The topological polar surface area (TPSA) is 52.5 Å². The molecule has 5 nitrogen and oxygen atoms in total. The van der Waals surface area contributed by atoms with Crippen molar-refractivity contribution in [2.75, 3.05) is 18.0 Å². The van der Waals surface area contributed by atoms with E-state index in [2.05, 4.69) is 14.8 Å². The average Bonchev–Trinajstić information content (AvgIpc) is 2.97. The van der Waals surface area contributed by atoms with E-state index in [-0.39, 0.29) is 18.2 Å². The molecule has 1 N–H and O–H groups in total. The van der Waals surface area contributed by atoms with Crippen LogP contribution in [0.15, 0.2) is 24.4 Å². The molecule has 0 radical (unpaired) electrons. The van der Waals surface area contributed by atoms with Gasteiger partial charge in [-0.15, -0.1) is 0 Å². The van der Waals surface area contributed by atoms with E-state index >= 15 is 0 Å². The van der Waals surface area contributed by atoms with Crippen LogP contribution in [0.2, 0.25) is 0 Å². The van der Waals surface area contributed by atoms with Crippen LogP contribution in [0, 0.1) is 11.6 Å². The van der Waals surface area contributed by atoms with Crippen molar-refractivity contribution in [3.63, 3.8) is 0 Å². The van der Waals surface area contributed by atoms with Gasteiger partial charge in [0.2, 0.25) is 5.95 Å². The molecule has 3 aliphatic rings. The van der Waals surface area contributed by atoms with E-state index in [9.17, 15) is 13.9 Å². The molecule has 0 saturated carbocycles. The van der Waals surface area contributed by atoms with Gasteiger partial charge in [-0.3, -0.25) is 4.90 Å². The highest BCUT2D eigenvalue weighted by Gasteiger charge is 2.41. The fraction of sp³-hybridized carbons (Fsp3) is 0.524. The van der Waals surface area contributed by atoms with E-state index < -0.39 is 11.6 Å². The molecular formula is C21H24F2N4O. The van der Waals surface area contributed by atoms with Crippen LogP contribution >= 0.6 is 0 Å². The second kappa shape index (κ2) is 7.04. The molecule has 3 aliphatic heterocycles. The molecule has 28 heavy (non-hydrogen) atoms. The van der Waals surface area contributed by atoms with Crippen molar-refractivity contribution >= 4 is 5.95 Å². The highest BCUT2D eigenvalue weighted by molar-refractivity contribution is 5.38. The van der Waals surface area contributed by atoms with Gasteiger partial charge >= 0.3 is 0 Å². The third-order valence-corrected chi connectivity index (χ3v) is 6.38. The van der Waals surface area contributed by atoms with Gasteiger partial charge in [0.05, 0.1) is 11.8 Å². The third kappa shape index (κ3) is 3.06.